The molecule has 0 atom stereocenters. The zero-order chi connectivity index (χ0) is 26.7. The average molecular weight is 747 g/mol. The topological polar surface area (TPSA) is 26.0 Å². The van der Waals surface area contributed by atoms with E-state index in [4.69, 9.17) is 4.42 Å². The quantitative estimate of drug-likeness (QED) is 0.133. The summed E-state index contributed by atoms with van der Waals surface area (Å²) in [4.78, 5) is 4.67. The van der Waals surface area contributed by atoms with Gasteiger partial charge in [0, 0.05) is 11.0 Å². The third-order valence-corrected chi connectivity index (χ3v) is 10.9. The van der Waals surface area contributed by atoms with E-state index < -0.39 is 13.3 Å². The van der Waals surface area contributed by atoms with Gasteiger partial charge in [0.15, 0.2) is 0 Å². The second-order valence-electron chi connectivity index (χ2n) is 10.8. The van der Waals surface area contributed by atoms with E-state index in [1.165, 1.54) is 9.96 Å². The molecule has 0 aliphatic rings. The molecule has 6 rings (SSSR count). The van der Waals surface area contributed by atoms with E-state index in [-0.39, 0.29) is 20.1 Å². The molecule has 0 saturated heterocycles. The van der Waals surface area contributed by atoms with Crippen LogP contribution in [0.5, 0.6) is 0 Å². The number of benzene rings is 4. The number of hydrogen-bond donors (Lipinski definition) is 0. The van der Waals surface area contributed by atoms with Gasteiger partial charge in [0.05, 0.1) is 0 Å². The van der Waals surface area contributed by atoms with Gasteiger partial charge in [0.2, 0.25) is 0 Å². The number of aromatic nitrogens is 1. The van der Waals surface area contributed by atoms with Crippen LogP contribution in [0.1, 0.15) is 25.3 Å². The van der Waals surface area contributed by atoms with Gasteiger partial charge in [-0.15, -0.1) is 12.1 Å². The van der Waals surface area contributed by atoms with Crippen LogP contribution in [-0.4, -0.2) is 18.3 Å². The number of nitrogens with zero attached hydrogens (tertiary/aromatic N) is 1. The molecule has 0 fully saturated rings. The normalized spacial score (nSPS) is 11.2. The fraction of sp³-hybridized carbons (Fsp3) is 0.171. The van der Waals surface area contributed by atoms with Crippen molar-refractivity contribution in [1.82, 2.24) is 4.98 Å². The maximum absolute atomic E-state index is 5.99. The molecule has 0 unspecified atom stereocenters. The van der Waals surface area contributed by atoms with Crippen LogP contribution in [0.3, 0.4) is 0 Å². The predicted octanol–water partition coefficient (Wildman–Crippen LogP) is 9.07. The summed E-state index contributed by atoms with van der Waals surface area (Å²) >= 11 is -1.85. The van der Waals surface area contributed by atoms with Crippen LogP contribution in [0.2, 0.25) is 17.3 Å². The van der Waals surface area contributed by atoms with Gasteiger partial charge >= 0.3 is 139 Å². The Bertz CT molecular complexity index is 1670. The van der Waals surface area contributed by atoms with E-state index in [1.807, 2.05) is 72.8 Å². The fourth-order valence-electron chi connectivity index (χ4n) is 4.71. The van der Waals surface area contributed by atoms with Crippen LogP contribution >= 0.6 is 0 Å². The molecule has 0 amide bonds. The number of furan rings is 1. The van der Waals surface area contributed by atoms with Gasteiger partial charge < -0.3 is 4.42 Å². The van der Waals surface area contributed by atoms with E-state index >= 15 is 0 Å². The van der Waals surface area contributed by atoms with Crippen molar-refractivity contribution in [2.75, 3.05) is 0 Å². The minimum Gasteiger partial charge on any atom is -0.510 e. The second kappa shape index (κ2) is 12.5. The molecule has 0 saturated carbocycles. The number of rotatable bonds is 4. The predicted molar refractivity (Wildman–Crippen MR) is 162 cm³/mol. The van der Waals surface area contributed by atoms with Crippen LogP contribution in [0.25, 0.3) is 44.3 Å². The largest absolute Gasteiger partial charge is 3.00 e. The molecule has 0 bridgehead atoms. The minimum absolute atomic E-state index is 0. The van der Waals surface area contributed by atoms with E-state index in [9.17, 15) is 0 Å². The number of para-hydroxylation sites is 1. The summed E-state index contributed by atoms with van der Waals surface area (Å²) in [7, 11) is 0. The summed E-state index contributed by atoms with van der Waals surface area (Å²) in [6, 6.07) is 40.1. The Hall–Kier alpha value is -2.98. The minimum atomic E-state index is -1.85. The molecule has 0 aliphatic carbocycles. The molecular weight excluding hydrogens is 715 g/mol. The van der Waals surface area contributed by atoms with Gasteiger partial charge in [-0.2, -0.15) is 42.0 Å². The molecule has 0 radical (unpaired) electrons. The van der Waals surface area contributed by atoms with Crippen molar-refractivity contribution >= 4 is 39.6 Å². The SMILES string of the molecule is CC(C)c1cc(-c2[c-]cccc2)nc[c]1[Ge]([CH3])([CH3])[CH3].[Ir+3].[c-]1ccccc1-c1[c-]ccc2c1oc1ccccc12. The zero-order valence-electron chi connectivity index (χ0n) is 23.0. The molecule has 0 N–H and O–H groups in total. The van der Waals surface area contributed by atoms with Gasteiger partial charge in [-0.05, 0) is 6.07 Å². The van der Waals surface area contributed by atoms with Crippen LogP contribution in [0, 0.1) is 18.2 Å². The molecule has 4 heteroatoms. The third kappa shape index (κ3) is 6.44. The Morgan fingerprint density at radius 2 is 1.41 bits per heavy atom. The van der Waals surface area contributed by atoms with Crippen molar-refractivity contribution in [2.24, 2.45) is 0 Å². The first-order valence-electron chi connectivity index (χ1n) is 13.1. The summed E-state index contributed by atoms with van der Waals surface area (Å²) in [6.45, 7) is 4.54. The van der Waals surface area contributed by atoms with Crippen LogP contribution < -0.4 is 4.40 Å². The molecule has 2 aromatic heterocycles. The summed E-state index contributed by atoms with van der Waals surface area (Å²) in [5, 5.41) is 2.27. The van der Waals surface area contributed by atoms with Gasteiger partial charge in [0.1, 0.15) is 5.58 Å². The fourth-order valence-corrected chi connectivity index (χ4v) is 8.24. The van der Waals surface area contributed by atoms with Crippen molar-refractivity contribution in [3.05, 3.63) is 121 Å². The first kappa shape index (κ1) is 29.0. The Kier molecular flexibility index (Phi) is 9.28. The summed E-state index contributed by atoms with van der Waals surface area (Å²) < 4.78 is 7.51. The van der Waals surface area contributed by atoms with Gasteiger partial charge in [-0.1, -0.05) is 23.6 Å². The van der Waals surface area contributed by atoms with Gasteiger partial charge in [-0.3, -0.25) is 0 Å². The van der Waals surface area contributed by atoms with Crippen molar-refractivity contribution in [2.45, 2.75) is 37.0 Å². The van der Waals surface area contributed by atoms with Crippen LogP contribution in [0.15, 0.2) is 102 Å². The molecule has 196 valence electrons. The maximum atomic E-state index is 5.99. The van der Waals surface area contributed by atoms with Crippen molar-refractivity contribution in [1.29, 1.82) is 0 Å². The standard InChI is InChI=1S/C18H10O.C17H22GeN.Ir/c1-2-7-13(8-3-1)14-10-6-11-16-15-9-4-5-12-17(15)19-18(14)16;1-13(2)15-11-17(14-9-7-6-8-10-14)19-12-16(15)18(3,4)5;/h1-7,9,11-12H;6-9,11-13H,1-5H3;/q-2;-1;+3. The molecular formula is C35H32GeIrNO. The molecule has 4 aromatic carbocycles. The molecule has 2 heterocycles. The molecule has 0 spiro atoms. The van der Waals surface area contributed by atoms with Crippen LogP contribution in [0.4, 0.5) is 0 Å². The maximum Gasteiger partial charge on any atom is 3.00 e. The first-order chi connectivity index (χ1) is 18.3. The van der Waals surface area contributed by atoms with E-state index in [1.54, 1.807) is 0 Å². The first-order valence-corrected chi connectivity index (χ1v) is 20.4. The summed E-state index contributed by atoms with van der Waals surface area (Å²) in [5.74, 6) is 7.83. The Morgan fingerprint density at radius 1 is 0.744 bits per heavy atom. The van der Waals surface area contributed by atoms with E-state index in [0.29, 0.717) is 5.92 Å². The van der Waals surface area contributed by atoms with E-state index in [0.717, 1.165) is 44.3 Å². The molecule has 6 aromatic rings. The van der Waals surface area contributed by atoms with Crippen molar-refractivity contribution in [3.8, 4) is 22.4 Å². The van der Waals surface area contributed by atoms with Crippen molar-refractivity contribution < 1.29 is 24.5 Å². The van der Waals surface area contributed by atoms with Crippen molar-refractivity contribution in [3.63, 3.8) is 0 Å². The van der Waals surface area contributed by atoms with E-state index in [2.05, 4.69) is 78.7 Å². The summed E-state index contributed by atoms with van der Waals surface area (Å²) in [6.07, 6.45) is 2.12. The van der Waals surface area contributed by atoms with Gasteiger partial charge in [0.25, 0.3) is 0 Å². The average Bonchev–Trinajstić information content (AvgIpc) is 3.32. The number of pyridine rings is 1. The summed E-state index contributed by atoms with van der Waals surface area (Å²) in [5.41, 5.74) is 7.36. The van der Waals surface area contributed by atoms with Gasteiger partial charge in [-0.25, -0.2) is 5.56 Å². The molecule has 2 nitrogen and oxygen atoms in total. The number of hydrogen-bond acceptors (Lipinski definition) is 2. The zero-order valence-corrected chi connectivity index (χ0v) is 27.5. The molecule has 39 heavy (non-hydrogen) atoms. The third-order valence-electron chi connectivity index (χ3n) is 6.67. The monoisotopic (exact) mass is 749 g/mol. The Balaban J connectivity index is 0.000000176. The number of fused-ring (bicyclic) bond motifs is 3. The second-order valence-corrected chi connectivity index (χ2v) is 21.4. The Labute approximate surface area is 248 Å². The Morgan fingerprint density at radius 3 is 2.05 bits per heavy atom. The smallest absolute Gasteiger partial charge is 0.510 e. The molecule has 0 aliphatic heterocycles. The van der Waals surface area contributed by atoms with Crippen LogP contribution in [-0.2, 0) is 20.1 Å².